The molecule has 2 rings (SSSR count). The number of nitrogens with zero attached hydrogens (tertiary/aromatic N) is 1. The largest absolute Gasteiger partial charge is 0.343 e. The second-order valence-electron chi connectivity index (χ2n) is 5.27. The maximum atomic E-state index is 2.41. The fourth-order valence-corrected chi connectivity index (χ4v) is 2.48. The fraction of sp³-hybridized carbons (Fsp3) is 0.375. The van der Waals surface area contributed by atoms with Gasteiger partial charge in [-0.05, 0) is 26.0 Å². The summed E-state index contributed by atoms with van der Waals surface area (Å²) in [6.07, 6.45) is 0. The Hall–Kier alpha value is -1.54. The number of benzene rings is 1. The zero-order valence-electron chi connectivity index (χ0n) is 11.8. The lowest BCUT2D eigenvalue weighted by Gasteiger charge is -2.24. The monoisotopic (exact) mass is 243 g/mol. The molecule has 1 atom stereocenters. The van der Waals surface area contributed by atoms with Gasteiger partial charge in [-0.1, -0.05) is 30.3 Å². The van der Waals surface area contributed by atoms with Gasteiger partial charge in [-0.15, -0.1) is 0 Å². The standard InChI is InChI=1S/C16H22N2/c1-13-10-11-14(2)18(13)12-16(17(3)4)15-8-6-5-7-9-15/h5-11,16H,12H2,1-4H3/p+1/t16-/m0/s1. The Morgan fingerprint density at radius 1 is 0.944 bits per heavy atom. The van der Waals surface area contributed by atoms with Crippen molar-refractivity contribution in [1.29, 1.82) is 0 Å². The third kappa shape index (κ3) is 2.65. The predicted molar refractivity (Wildman–Crippen MR) is 75.9 cm³/mol. The molecule has 0 amide bonds. The zero-order valence-corrected chi connectivity index (χ0v) is 11.8. The number of quaternary nitrogens is 1. The van der Waals surface area contributed by atoms with E-state index in [1.807, 2.05) is 0 Å². The molecule has 1 N–H and O–H groups in total. The van der Waals surface area contributed by atoms with Crippen molar-refractivity contribution in [2.45, 2.75) is 26.4 Å². The number of hydrogen-bond acceptors (Lipinski definition) is 0. The van der Waals surface area contributed by atoms with Crippen LogP contribution in [0.15, 0.2) is 42.5 Å². The van der Waals surface area contributed by atoms with Crippen molar-refractivity contribution in [1.82, 2.24) is 4.57 Å². The highest BCUT2D eigenvalue weighted by molar-refractivity contribution is 5.19. The first-order chi connectivity index (χ1) is 8.59. The zero-order chi connectivity index (χ0) is 13.1. The number of hydrogen-bond donors (Lipinski definition) is 1. The van der Waals surface area contributed by atoms with Crippen molar-refractivity contribution in [3.05, 3.63) is 59.4 Å². The third-order valence-corrected chi connectivity index (χ3v) is 3.68. The molecule has 0 spiro atoms. The molecule has 0 bridgehead atoms. The first-order valence-corrected chi connectivity index (χ1v) is 6.57. The maximum Gasteiger partial charge on any atom is 0.131 e. The molecule has 96 valence electrons. The molecule has 1 aromatic carbocycles. The Morgan fingerprint density at radius 3 is 2.00 bits per heavy atom. The molecule has 2 nitrogen and oxygen atoms in total. The summed E-state index contributed by atoms with van der Waals surface area (Å²) in [5.41, 5.74) is 4.09. The lowest BCUT2D eigenvalue weighted by Crippen LogP contribution is -3.06. The van der Waals surface area contributed by atoms with Gasteiger partial charge in [-0.25, -0.2) is 0 Å². The van der Waals surface area contributed by atoms with Gasteiger partial charge in [0.1, 0.15) is 6.04 Å². The maximum absolute atomic E-state index is 2.41. The van der Waals surface area contributed by atoms with E-state index in [1.54, 1.807) is 0 Å². The van der Waals surface area contributed by atoms with E-state index >= 15 is 0 Å². The van der Waals surface area contributed by atoms with Crippen molar-refractivity contribution < 1.29 is 4.90 Å². The topological polar surface area (TPSA) is 9.37 Å². The molecule has 0 saturated heterocycles. The molecule has 0 aliphatic carbocycles. The van der Waals surface area contributed by atoms with Crippen LogP contribution in [0.5, 0.6) is 0 Å². The summed E-state index contributed by atoms with van der Waals surface area (Å²) in [6, 6.07) is 15.7. The lowest BCUT2D eigenvalue weighted by molar-refractivity contribution is -0.893. The van der Waals surface area contributed by atoms with Gasteiger partial charge in [-0.2, -0.15) is 0 Å². The SMILES string of the molecule is Cc1ccc(C)n1C[C@@H](c1ccccc1)[NH+](C)C. The van der Waals surface area contributed by atoms with E-state index in [2.05, 4.69) is 75.0 Å². The van der Waals surface area contributed by atoms with Crippen LogP contribution in [0.2, 0.25) is 0 Å². The molecule has 0 radical (unpaired) electrons. The average molecular weight is 243 g/mol. The minimum atomic E-state index is 0.496. The van der Waals surface area contributed by atoms with Crippen LogP contribution in [0.3, 0.4) is 0 Å². The van der Waals surface area contributed by atoms with E-state index in [4.69, 9.17) is 0 Å². The van der Waals surface area contributed by atoms with Crippen LogP contribution < -0.4 is 4.90 Å². The van der Waals surface area contributed by atoms with Crippen molar-refractivity contribution in [3.8, 4) is 0 Å². The summed E-state index contributed by atoms with van der Waals surface area (Å²) < 4.78 is 2.41. The molecular weight excluding hydrogens is 220 g/mol. The highest BCUT2D eigenvalue weighted by Gasteiger charge is 2.19. The molecule has 0 unspecified atom stereocenters. The highest BCUT2D eigenvalue weighted by atomic mass is 15.1. The first kappa shape index (κ1) is 12.9. The van der Waals surface area contributed by atoms with Crippen LogP contribution in [0.25, 0.3) is 0 Å². The highest BCUT2D eigenvalue weighted by Crippen LogP contribution is 2.15. The van der Waals surface area contributed by atoms with Crippen LogP contribution in [-0.4, -0.2) is 18.7 Å². The summed E-state index contributed by atoms with van der Waals surface area (Å²) >= 11 is 0. The Labute approximate surface area is 110 Å². The minimum absolute atomic E-state index is 0.496. The van der Waals surface area contributed by atoms with E-state index in [0.29, 0.717) is 6.04 Å². The third-order valence-electron chi connectivity index (χ3n) is 3.68. The molecule has 0 fully saturated rings. The second kappa shape index (κ2) is 5.40. The van der Waals surface area contributed by atoms with Crippen molar-refractivity contribution in [3.63, 3.8) is 0 Å². The van der Waals surface area contributed by atoms with Crippen LogP contribution in [0.1, 0.15) is 23.0 Å². The smallest absolute Gasteiger partial charge is 0.131 e. The minimum Gasteiger partial charge on any atom is -0.343 e. The summed E-state index contributed by atoms with van der Waals surface area (Å²) in [7, 11) is 4.46. The molecule has 0 saturated carbocycles. The summed E-state index contributed by atoms with van der Waals surface area (Å²) in [5, 5.41) is 0. The summed E-state index contributed by atoms with van der Waals surface area (Å²) in [5.74, 6) is 0. The number of likely N-dealkylation sites (N-methyl/N-ethyl adjacent to an activating group) is 1. The van der Waals surface area contributed by atoms with Crippen molar-refractivity contribution in [2.75, 3.05) is 14.1 Å². The van der Waals surface area contributed by atoms with E-state index in [0.717, 1.165) is 6.54 Å². The molecule has 2 heteroatoms. The molecule has 1 aromatic heterocycles. The molecule has 1 heterocycles. The molecule has 2 aromatic rings. The number of rotatable bonds is 4. The van der Waals surface area contributed by atoms with Gasteiger partial charge in [0.2, 0.25) is 0 Å². The van der Waals surface area contributed by atoms with Crippen LogP contribution in [0.4, 0.5) is 0 Å². The second-order valence-corrected chi connectivity index (χ2v) is 5.27. The quantitative estimate of drug-likeness (QED) is 0.841. The molecule has 0 aliphatic heterocycles. The summed E-state index contributed by atoms with van der Waals surface area (Å²) in [4.78, 5) is 1.47. The van der Waals surface area contributed by atoms with Gasteiger partial charge >= 0.3 is 0 Å². The van der Waals surface area contributed by atoms with Gasteiger partial charge in [0.25, 0.3) is 0 Å². The van der Waals surface area contributed by atoms with E-state index in [9.17, 15) is 0 Å². The normalized spacial score (nSPS) is 12.9. The van der Waals surface area contributed by atoms with Crippen LogP contribution in [-0.2, 0) is 6.54 Å². The van der Waals surface area contributed by atoms with Crippen LogP contribution in [0, 0.1) is 13.8 Å². The van der Waals surface area contributed by atoms with Crippen molar-refractivity contribution >= 4 is 0 Å². The molecular formula is C16H23N2+. The number of nitrogens with one attached hydrogen (secondary N) is 1. The first-order valence-electron chi connectivity index (χ1n) is 6.57. The Morgan fingerprint density at radius 2 is 1.50 bits per heavy atom. The fourth-order valence-electron chi connectivity index (χ4n) is 2.48. The van der Waals surface area contributed by atoms with Gasteiger partial charge in [0.05, 0.1) is 20.6 Å². The molecule has 18 heavy (non-hydrogen) atoms. The van der Waals surface area contributed by atoms with Crippen LogP contribution >= 0.6 is 0 Å². The number of aryl methyl sites for hydroxylation is 2. The van der Waals surface area contributed by atoms with Crippen molar-refractivity contribution in [2.24, 2.45) is 0 Å². The molecule has 0 aliphatic rings. The Balaban J connectivity index is 2.28. The number of aromatic nitrogens is 1. The average Bonchev–Trinajstić information content (AvgIpc) is 2.67. The van der Waals surface area contributed by atoms with Gasteiger partial charge in [0.15, 0.2) is 0 Å². The summed E-state index contributed by atoms with van der Waals surface area (Å²) in [6.45, 7) is 5.40. The Bertz CT molecular complexity index is 478. The van der Waals surface area contributed by atoms with Gasteiger partial charge in [0, 0.05) is 17.0 Å². The van der Waals surface area contributed by atoms with Gasteiger partial charge < -0.3 is 9.47 Å². The van der Waals surface area contributed by atoms with E-state index in [-0.39, 0.29) is 0 Å². The lowest BCUT2D eigenvalue weighted by atomic mass is 10.1. The van der Waals surface area contributed by atoms with E-state index in [1.165, 1.54) is 21.9 Å². The predicted octanol–water partition coefficient (Wildman–Crippen LogP) is 1.99. The van der Waals surface area contributed by atoms with E-state index < -0.39 is 0 Å². The Kier molecular flexibility index (Phi) is 3.87. The van der Waals surface area contributed by atoms with Gasteiger partial charge in [-0.3, -0.25) is 0 Å².